The number of phenolic OH excluding ortho intramolecular Hbond substituents is 1. The number of ether oxygens (including phenoxy) is 1. The van der Waals surface area contributed by atoms with Gasteiger partial charge < -0.3 is 19.6 Å². The second kappa shape index (κ2) is 15.0. The van der Waals surface area contributed by atoms with Crippen molar-refractivity contribution >= 4 is 106 Å². The van der Waals surface area contributed by atoms with Crippen LogP contribution in [0.25, 0.3) is 0 Å². The minimum atomic E-state index is -1.12. The first-order valence-electron chi connectivity index (χ1n) is 12.5. The highest BCUT2D eigenvalue weighted by Crippen LogP contribution is 2.49. The Bertz CT molecular complexity index is 1030. The number of likely N-dealkylation sites (N-methyl/N-ethyl adjacent to an activating group) is 1. The van der Waals surface area contributed by atoms with E-state index in [1.54, 1.807) is 0 Å². The van der Waals surface area contributed by atoms with E-state index in [-0.39, 0.29) is 22.8 Å². The van der Waals surface area contributed by atoms with Gasteiger partial charge >= 0.3 is 5.97 Å². The number of carbonyl (C=O) groups excluding carboxylic acids is 1. The third kappa shape index (κ3) is 8.55. The van der Waals surface area contributed by atoms with Gasteiger partial charge in [0.15, 0.2) is 5.75 Å². The Kier molecular flexibility index (Phi) is 13.7. The van der Waals surface area contributed by atoms with Gasteiger partial charge in [-0.05, 0) is 151 Å². The van der Waals surface area contributed by atoms with Gasteiger partial charge in [0.1, 0.15) is 17.5 Å². The molecule has 206 valence electrons. The number of benzene rings is 2. The summed E-state index contributed by atoms with van der Waals surface area (Å²) in [5.41, 5.74) is 1.06. The van der Waals surface area contributed by atoms with Crippen LogP contribution >= 0.6 is 90.4 Å². The van der Waals surface area contributed by atoms with Crippen molar-refractivity contribution in [2.45, 2.75) is 66.0 Å². The molecule has 0 saturated heterocycles. The number of rotatable bonds is 12. The first-order chi connectivity index (χ1) is 17.2. The lowest BCUT2D eigenvalue weighted by Crippen LogP contribution is -2.44. The monoisotopic (exact) mass is 975 g/mol. The van der Waals surface area contributed by atoms with Gasteiger partial charge in [0.2, 0.25) is 9.76 Å². The molecule has 0 amide bonds. The second-order valence-electron chi connectivity index (χ2n) is 10.2. The van der Waals surface area contributed by atoms with Gasteiger partial charge in [-0.2, -0.15) is 0 Å². The van der Waals surface area contributed by atoms with Crippen LogP contribution in [0.15, 0.2) is 24.3 Å². The van der Waals surface area contributed by atoms with Crippen LogP contribution in [-0.2, 0) is 15.6 Å². The molecular weight excluding hydrogens is 938 g/mol. The molecule has 0 fully saturated rings. The van der Waals surface area contributed by atoms with Crippen molar-refractivity contribution in [1.29, 1.82) is 0 Å². The Hall–Kier alpha value is 0.607. The number of phenols is 1. The quantitative estimate of drug-likeness (QED) is 0.168. The zero-order valence-electron chi connectivity index (χ0n) is 22.4. The van der Waals surface area contributed by atoms with Crippen LogP contribution in [0.2, 0.25) is 5.04 Å². The maximum Gasteiger partial charge on any atom is 0.309 e. The molecule has 2 N–H and O–H groups in total. The van der Waals surface area contributed by atoms with Crippen LogP contribution < -0.4 is 10.1 Å². The molecule has 2 aromatic carbocycles. The Labute approximate surface area is 278 Å². The van der Waals surface area contributed by atoms with E-state index in [1.165, 1.54) is 0 Å². The average molecular weight is 975 g/mol. The highest BCUT2D eigenvalue weighted by atomic mass is 127. The number of carbonyl (C=O) groups is 1. The third-order valence-electron chi connectivity index (χ3n) is 7.13. The van der Waals surface area contributed by atoms with E-state index < -0.39 is 9.76 Å². The van der Waals surface area contributed by atoms with Gasteiger partial charge in [-0.25, -0.2) is 0 Å². The summed E-state index contributed by atoms with van der Waals surface area (Å²) in [5.74, 6) is 2.95. The summed E-state index contributed by atoms with van der Waals surface area (Å²) in [6.45, 7) is 16.3. The fourth-order valence-electron chi connectivity index (χ4n) is 5.06. The van der Waals surface area contributed by atoms with Crippen molar-refractivity contribution in [1.82, 2.24) is 5.32 Å². The van der Waals surface area contributed by atoms with Crippen molar-refractivity contribution in [3.63, 3.8) is 0 Å². The molecule has 0 saturated carbocycles. The van der Waals surface area contributed by atoms with Gasteiger partial charge in [0.05, 0.1) is 14.3 Å². The number of hydrogen-bond donors (Lipinski definition) is 2. The topological polar surface area (TPSA) is 67.8 Å². The van der Waals surface area contributed by atoms with Gasteiger partial charge in [-0.3, -0.25) is 4.79 Å². The highest BCUT2D eigenvalue weighted by Gasteiger charge is 2.42. The van der Waals surface area contributed by atoms with E-state index >= 15 is 0 Å². The molecule has 2 rings (SSSR count). The summed E-state index contributed by atoms with van der Waals surface area (Å²) in [6.07, 6.45) is 0.556. The molecule has 0 radical (unpaired) electrons. The largest absolute Gasteiger partial charge is 0.523 e. The van der Waals surface area contributed by atoms with Crippen LogP contribution in [0.5, 0.6) is 17.2 Å². The minimum Gasteiger partial charge on any atom is -0.523 e. The lowest BCUT2D eigenvalue weighted by molar-refractivity contribution is -0.137. The highest BCUT2D eigenvalue weighted by molar-refractivity contribution is 14.1. The molecule has 37 heavy (non-hydrogen) atoms. The smallest absolute Gasteiger partial charge is 0.309 e. The summed E-state index contributed by atoms with van der Waals surface area (Å²) >= 11 is 8.77. The van der Waals surface area contributed by atoms with E-state index in [2.05, 4.69) is 149 Å². The Morgan fingerprint density at radius 1 is 0.919 bits per heavy atom. The van der Waals surface area contributed by atoms with Gasteiger partial charge in [-0.15, -0.1) is 0 Å². The molecule has 0 bridgehead atoms. The first-order valence-corrected chi connectivity index (χ1v) is 18.1. The second-order valence-corrected chi connectivity index (χ2v) is 16.7. The molecule has 0 aliphatic heterocycles. The Morgan fingerprint density at radius 3 is 1.84 bits per heavy atom. The number of nitrogens with one attached hydrogen (secondary N) is 1. The summed E-state index contributed by atoms with van der Waals surface area (Å²) in [4.78, 5) is 13.3. The van der Waals surface area contributed by atoms with E-state index in [1.807, 2.05) is 19.1 Å². The molecule has 1 atom stereocenters. The molecule has 0 spiro atoms. The van der Waals surface area contributed by atoms with E-state index in [9.17, 15) is 9.90 Å². The number of aromatic hydroxyl groups is 1. The molecule has 0 aliphatic carbocycles. The number of hydrogen-bond acceptors (Lipinski definition) is 5. The van der Waals surface area contributed by atoms with E-state index in [0.717, 1.165) is 25.6 Å². The fourth-order valence-corrected chi connectivity index (χ4v) is 10.5. The summed E-state index contributed by atoms with van der Waals surface area (Å²) in [6, 6.07) is 7.41. The predicted octanol–water partition coefficient (Wildman–Crippen LogP) is 7.88. The summed E-state index contributed by atoms with van der Waals surface area (Å²) < 4.78 is 15.8. The predicted molar refractivity (Wildman–Crippen MR) is 189 cm³/mol. The van der Waals surface area contributed by atoms with Crippen molar-refractivity contribution < 1.29 is 19.1 Å². The van der Waals surface area contributed by atoms with Crippen LogP contribution in [0.1, 0.15) is 54.0 Å². The fraction of sp³-hybridized carbons (Fsp3) is 0.519. The molecule has 0 aliphatic rings. The lowest BCUT2D eigenvalue weighted by atomic mass is 9.76. The van der Waals surface area contributed by atoms with Crippen molar-refractivity contribution in [3.05, 3.63) is 44.1 Å². The zero-order chi connectivity index (χ0) is 28.1. The van der Waals surface area contributed by atoms with Gasteiger partial charge in [0.25, 0.3) is 0 Å². The molecule has 0 aromatic heterocycles. The zero-order valence-corrected chi connectivity index (χ0v) is 32.5. The summed E-state index contributed by atoms with van der Waals surface area (Å²) in [7, 11) is -1.12. The molecule has 2 aromatic rings. The molecular formula is C27H37I4NO4Si. The molecule has 5 nitrogen and oxygen atoms in total. The van der Waals surface area contributed by atoms with E-state index in [0.29, 0.717) is 36.5 Å². The van der Waals surface area contributed by atoms with Crippen molar-refractivity contribution in [3.8, 4) is 17.2 Å². The lowest BCUT2D eigenvalue weighted by Gasteiger charge is -2.44. The Morgan fingerprint density at radius 2 is 1.41 bits per heavy atom. The third-order valence-corrected chi connectivity index (χ3v) is 13.8. The van der Waals surface area contributed by atoms with Crippen LogP contribution in [0.4, 0.5) is 0 Å². The molecule has 1 unspecified atom stereocenters. The Balaban J connectivity index is 2.23. The normalized spacial score (nSPS) is 13.2. The van der Waals surface area contributed by atoms with Crippen molar-refractivity contribution in [2.24, 2.45) is 17.8 Å². The maximum atomic E-state index is 13.3. The minimum absolute atomic E-state index is 0.0695. The van der Waals surface area contributed by atoms with Crippen LogP contribution in [-0.4, -0.2) is 33.4 Å². The molecule has 0 heterocycles. The van der Waals surface area contributed by atoms with Gasteiger partial charge in [0, 0.05) is 5.04 Å². The summed E-state index contributed by atoms with van der Waals surface area (Å²) in [5, 5.41) is 13.5. The first kappa shape index (κ1) is 33.8. The van der Waals surface area contributed by atoms with Crippen molar-refractivity contribution in [2.75, 3.05) is 6.54 Å². The number of halogens is 4. The van der Waals surface area contributed by atoms with Gasteiger partial charge in [-0.1, -0.05) is 48.5 Å². The van der Waals surface area contributed by atoms with E-state index in [4.69, 9.17) is 9.16 Å². The standard InChI is InChI=1S/C27H37I4NO4Si/c1-8-32-23(26(34)36-37-27(14(2)3,15(4)5)16(6)7)11-17-9-21(30)25(22(31)10-17)35-18-12-19(28)24(33)20(29)13-18/h9-10,12-16,23,32-33H,8,11,37H2,1-7H3. The average Bonchev–Trinajstić information content (AvgIpc) is 2.79. The molecule has 10 heteroatoms. The maximum absolute atomic E-state index is 13.3. The van der Waals surface area contributed by atoms with Crippen LogP contribution in [0, 0.1) is 32.0 Å². The SMILES string of the molecule is CCNC(Cc1cc(I)c(Oc2cc(I)c(O)c(I)c2)c(I)c1)C(=O)O[SiH2]C(C(C)C)(C(C)C)C(C)C. The van der Waals surface area contributed by atoms with Crippen LogP contribution in [0.3, 0.4) is 0 Å².